The minimum Gasteiger partial charge on any atom is -0.456 e. The first kappa shape index (κ1) is 14.5. The lowest BCUT2D eigenvalue weighted by Gasteiger charge is -2.07. The second-order valence-electron chi connectivity index (χ2n) is 5.04. The molecule has 22 heavy (non-hydrogen) atoms. The van der Waals surface area contributed by atoms with Crippen molar-refractivity contribution in [1.29, 1.82) is 0 Å². The zero-order chi connectivity index (χ0) is 15.7. The third-order valence-corrected chi connectivity index (χ3v) is 4.08. The van der Waals surface area contributed by atoms with Gasteiger partial charge in [-0.25, -0.2) is 9.78 Å². The zero-order valence-electron chi connectivity index (χ0n) is 12.2. The molecular formula is C16H14N2O3S. The lowest BCUT2D eigenvalue weighted by Crippen LogP contribution is -2.15. The minimum absolute atomic E-state index is 0.0180. The van der Waals surface area contributed by atoms with Gasteiger partial charge < -0.3 is 4.74 Å². The molecular weight excluding hydrogens is 300 g/mol. The van der Waals surface area contributed by atoms with Gasteiger partial charge in [-0.1, -0.05) is 17.7 Å². The van der Waals surface area contributed by atoms with Gasteiger partial charge in [-0.15, -0.1) is 11.3 Å². The normalized spacial score (nSPS) is 10.8. The van der Waals surface area contributed by atoms with Crippen molar-refractivity contribution in [3.63, 3.8) is 0 Å². The zero-order valence-corrected chi connectivity index (χ0v) is 13.0. The van der Waals surface area contributed by atoms with E-state index in [1.54, 1.807) is 17.6 Å². The maximum atomic E-state index is 12.2. The number of fused-ring (bicyclic) bond motifs is 1. The summed E-state index contributed by atoms with van der Waals surface area (Å²) in [5.74, 6) is -0.408. The van der Waals surface area contributed by atoms with Crippen molar-refractivity contribution in [2.24, 2.45) is 0 Å². The SMILES string of the molecule is Cc1ccc(C)c(C(=O)OCc2cc(=O)n3ccsc3n2)c1. The largest absolute Gasteiger partial charge is 0.456 e. The number of esters is 1. The highest BCUT2D eigenvalue weighted by atomic mass is 32.1. The van der Waals surface area contributed by atoms with Gasteiger partial charge >= 0.3 is 5.97 Å². The van der Waals surface area contributed by atoms with Gasteiger partial charge in [0, 0.05) is 17.6 Å². The van der Waals surface area contributed by atoms with Crippen LogP contribution in [0.4, 0.5) is 0 Å². The average Bonchev–Trinajstić information content (AvgIpc) is 2.96. The minimum atomic E-state index is -0.408. The van der Waals surface area contributed by atoms with E-state index in [1.165, 1.54) is 21.8 Å². The molecule has 0 saturated carbocycles. The van der Waals surface area contributed by atoms with E-state index in [4.69, 9.17) is 4.74 Å². The number of aromatic nitrogens is 2. The Morgan fingerprint density at radius 3 is 2.95 bits per heavy atom. The summed E-state index contributed by atoms with van der Waals surface area (Å²) in [5.41, 5.74) is 2.66. The molecule has 1 aromatic carbocycles. The quantitative estimate of drug-likeness (QED) is 0.697. The van der Waals surface area contributed by atoms with Crippen LogP contribution in [0.25, 0.3) is 4.96 Å². The summed E-state index contributed by atoms with van der Waals surface area (Å²) in [4.78, 5) is 28.9. The fourth-order valence-corrected chi connectivity index (χ4v) is 2.87. The molecule has 0 aliphatic rings. The Bertz CT molecular complexity index is 911. The topological polar surface area (TPSA) is 60.7 Å². The molecule has 0 aliphatic carbocycles. The second kappa shape index (κ2) is 5.73. The molecule has 0 fully saturated rings. The molecule has 0 radical (unpaired) electrons. The first-order chi connectivity index (χ1) is 10.5. The maximum absolute atomic E-state index is 12.2. The fourth-order valence-electron chi connectivity index (χ4n) is 2.13. The third-order valence-electron chi connectivity index (χ3n) is 3.32. The number of hydrogen-bond acceptors (Lipinski definition) is 5. The fraction of sp³-hybridized carbons (Fsp3) is 0.188. The Hall–Kier alpha value is -2.47. The van der Waals surface area contributed by atoms with Crippen molar-refractivity contribution >= 4 is 22.3 Å². The van der Waals surface area contributed by atoms with Crippen molar-refractivity contribution in [3.8, 4) is 0 Å². The van der Waals surface area contributed by atoms with E-state index in [1.807, 2.05) is 26.0 Å². The van der Waals surface area contributed by atoms with Crippen LogP contribution < -0.4 is 5.56 Å². The molecule has 112 valence electrons. The number of carbonyl (C=O) groups excluding carboxylic acids is 1. The van der Waals surface area contributed by atoms with Crippen molar-refractivity contribution in [3.05, 3.63) is 68.6 Å². The van der Waals surface area contributed by atoms with Crippen LogP contribution in [0.15, 0.2) is 40.6 Å². The molecule has 0 atom stereocenters. The summed E-state index contributed by atoms with van der Waals surface area (Å²) in [6.07, 6.45) is 1.67. The first-order valence-corrected chi connectivity index (χ1v) is 7.63. The van der Waals surface area contributed by atoms with Gasteiger partial charge in [0.15, 0.2) is 4.96 Å². The van der Waals surface area contributed by atoms with Gasteiger partial charge in [0.05, 0.1) is 11.3 Å². The van der Waals surface area contributed by atoms with Gasteiger partial charge in [-0.05, 0) is 25.5 Å². The Balaban J connectivity index is 1.80. The lowest BCUT2D eigenvalue weighted by molar-refractivity contribution is 0.0467. The third kappa shape index (κ3) is 2.78. The molecule has 6 heteroatoms. The summed E-state index contributed by atoms with van der Waals surface area (Å²) in [6, 6.07) is 7.01. The predicted octanol–water partition coefficient (Wildman–Crippen LogP) is 2.73. The number of benzene rings is 1. The Morgan fingerprint density at radius 1 is 1.32 bits per heavy atom. The molecule has 0 bridgehead atoms. The molecule has 3 aromatic rings. The molecule has 0 saturated heterocycles. The van der Waals surface area contributed by atoms with E-state index in [0.29, 0.717) is 16.2 Å². The van der Waals surface area contributed by atoms with E-state index < -0.39 is 5.97 Å². The van der Waals surface area contributed by atoms with Crippen LogP contribution in [0.2, 0.25) is 0 Å². The highest BCUT2D eigenvalue weighted by Crippen LogP contribution is 2.13. The van der Waals surface area contributed by atoms with Crippen LogP contribution >= 0.6 is 11.3 Å². The monoisotopic (exact) mass is 314 g/mol. The van der Waals surface area contributed by atoms with Crippen molar-refractivity contribution in [2.45, 2.75) is 20.5 Å². The smallest absolute Gasteiger partial charge is 0.338 e. The number of aryl methyl sites for hydroxylation is 2. The highest BCUT2D eigenvalue weighted by molar-refractivity contribution is 7.15. The van der Waals surface area contributed by atoms with Crippen molar-refractivity contribution < 1.29 is 9.53 Å². The van der Waals surface area contributed by atoms with E-state index in [-0.39, 0.29) is 12.2 Å². The van der Waals surface area contributed by atoms with Crippen LogP contribution in [0.5, 0.6) is 0 Å². The van der Waals surface area contributed by atoms with Crippen LogP contribution in [0.3, 0.4) is 0 Å². The van der Waals surface area contributed by atoms with Gasteiger partial charge in [0.25, 0.3) is 5.56 Å². The predicted molar refractivity (Wildman–Crippen MR) is 84.4 cm³/mol. The number of thiazole rings is 1. The molecule has 0 aliphatic heterocycles. The molecule has 0 amide bonds. The van der Waals surface area contributed by atoms with E-state index in [0.717, 1.165) is 11.1 Å². The number of rotatable bonds is 3. The molecule has 5 nitrogen and oxygen atoms in total. The number of ether oxygens (including phenoxy) is 1. The van der Waals surface area contributed by atoms with Crippen molar-refractivity contribution in [2.75, 3.05) is 0 Å². The Labute approximate surface area is 130 Å². The standard InChI is InChI=1S/C16H14N2O3S/c1-10-3-4-11(2)13(7-10)15(20)21-9-12-8-14(19)18-5-6-22-16(18)17-12/h3-8H,9H2,1-2H3. The van der Waals surface area contributed by atoms with Gasteiger partial charge in [0.1, 0.15) is 6.61 Å². The number of nitrogens with zero attached hydrogens (tertiary/aromatic N) is 2. The first-order valence-electron chi connectivity index (χ1n) is 6.75. The average molecular weight is 314 g/mol. The summed E-state index contributed by atoms with van der Waals surface area (Å²) in [7, 11) is 0. The van der Waals surface area contributed by atoms with E-state index in [9.17, 15) is 9.59 Å². The molecule has 0 unspecified atom stereocenters. The summed E-state index contributed by atoms with van der Waals surface area (Å²) >= 11 is 1.36. The molecule has 3 rings (SSSR count). The Morgan fingerprint density at radius 2 is 2.14 bits per heavy atom. The number of hydrogen-bond donors (Lipinski definition) is 0. The van der Waals surface area contributed by atoms with E-state index >= 15 is 0 Å². The lowest BCUT2D eigenvalue weighted by atomic mass is 10.1. The van der Waals surface area contributed by atoms with Gasteiger partial charge in [-0.2, -0.15) is 0 Å². The van der Waals surface area contributed by atoms with Crippen LogP contribution in [0.1, 0.15) is 27.2 Å². The van der Waals surface area contributed by atoms with Crippen LogP contribution in [-0.2, 0) is 11.3 Å². The Kier molecular flexibility index (Phi) is 3.77. The molecule has 2 heterocycles. The summed E-state index contributed by atoms with van der Waals surface area (Å²) < 4.78 is 6.74. The van der Waals surface area contributed by atoms with E-state index in [2.05, 4.69) is 4.98 Å². The molecule has 0 spiro atoms. The van der Waals surface area contributed by atoms with Crippen LogP contribution in [-0.4, -0.2) is 15.4 Å². The molecule has 2 aromatic heterocycles. The summed E-state index contributed by atoms with van der Waals surface area (Å²) in [5, 5.41) is 1.79. The number of carbonyl (C=O) groups is 1. The van der Waals surface area contributed by atoms with Gasteiger partial charge in [0.2, 0.25) is 0 Å². The second-order valence-corrected chi connectivity index (χ2v) is 5.91. The highest BCUT2D eigenvalue weighted by Gasteiger charge is 2.12. The maximum Gasteiger partial charge on any atom is 0.338 e. The van der Waals surface area contributed by atoms with Crippen molar-refractivity contribution in [1.82, 2.24) is 9.38 Å². The molecule has 0 N–H and O–H groups in total. The van der Waals surface area contributed by atoms with Crippen LogP contribution in [0, 0.1) is 13.8 Å². The summed E-state index contributed by atoms with van der Waals surface area (Å²) in [6.45, 7) is 3.76. The van der Waals surface area contributed by atoms with Gasteiger partial charge in [-0.3, -0.25) is 9.20 Å².